The number of nitrogens with one attached hydrogen (secondary N) is 1. The van der Waals surface area contributed by atoms with Gasteiger partial charge in [0.25, 0.3) is 5.91 Å². The number of aromatic nitrogens is 1. The number of amides is 1. The highest BCUT2D eigenvalue weighted by Gasteiger charge is 2.31. The Balaban J connectivity index is 0.00000121. The minimum atomic E-state index is -0.0649. The van der Waals surface area contributed by atoms with Gasteiger partial charge >= 0.3 is 0 Å². The molecule has 26 heavy (non-hydrogen) atoms. The second-order valence-corrected chi connectivity index (χ2v) is 6.90. The predicted molar refractivity (Wildman–Crippen MR) is 109 cm³/mol. The van der Waals surface area contributed by atoms with Crippen molar-refractivity contribution in [3.8, 4) is 0 Å². The first kappa shape index (κ1) is 21.0. The molecule has 1 N–H and O–H groups in total. The quantitative estimate of drug-likeness (QED) is 0.817. The van der Waals surface area contributed by atoms with Crippen LogP contribution >= 0.6 is 36.4 Å². The molecule has 1 aliphatic carbocycles. The SMILES string of the molecule is Cl.Cl.O=C(c1ccc(C2CC2)cn1)N1CCNCC1c1ccccc1Cl. The molecular formula is C19H22Cl3N3O. The number of hydrogen-bond donors (Lipinski definition) is 1. The van der Waals surface area contributed by atoms with E-state index in [2.05, 4.69) is 10.3 Å². The fourth-order valence-electron chi connectivity index (χ4n) is 3.31. The molecule has 2 fully saturated rings. The molecule has 0 bridgehead atoms. The highest BCUT2D eigenvalue weighted by atomic mass is 35.5. The van der Waals surface area contributed by atoms with E-state index >= 15 is 0 Å². The lowest BCUT2D eigenvalue weighted by atomic mass is 10.0. The van der Waals surface area contributed by atoms with Crippen molar-refractivity contribution in [1.82, 2.24) is 15.2 Å². The lowest BCUT2D eigenvalue weighted by Gasteiger charge is -2.36. The molecule has 1 aromatic carbocycles. The Bertz CT molecular complexity index is 750. The van der Waals surface area contributed by atoms with E-state index in [0.717, 1.165) is 12.1 Å². The highest BCUT2D eigenvalue weighted by Crippen LogP contribution is 2.39. The Kier molecular flexibility index (Phi) is 7.30. The van der Waals surface area contributed by atoms with Crippen LogP contribution in [0.5, 0.6) is 0 Å². The van der Waals surface area contributed by atoms with Gasteiger partial charge in [-0.1, -0.05) is 35.9 Å². The Labute approximate surface area is 171 Å². The van der Waals surface area contributed by atoms with Crippen LogP contribution in [0.25, 0.3) is 0 Å². The lowest BCUT2D eigenvalue weighted by molar-refractivity contribution is 0.0628. The fraction of sp³-hybridized carbons (Fsp3) is 0.368. The summed E-state index contributed by atoms with van der Waals surface area (Å²) in [5.74, 6) is 0.625. The Hall–Kier alpha value is -1.33. The van der Waals surface area contributed by atoms with E-state index in [1.54, 1.807) is 0 Å². The molecule has 7 heteroatoms. The summed E-state index contributed by atoms with van der Waals surface area (Å²) in [6.07, 6.45) is 4.33. The van der Waals surface area contributed by atoms with E-state index < -0.39 is 0 Å². The third-order valence-electron chi connectivity index (χ3n) is 4.82. The van der Waals surface area contributed by atoms with Gasteiger partial charge in [-0.05, 0) is 42.0 Å². The summed E-state index contributed by atoms with van der Waals surface area (Å²) in [6, 6.07) is 11.6. The van der Waals surface area contributed by atoms with E-state index in [0.29, 0.717) is 29.7 Å². The van der Waals surface area contributed by atoms with Crippen LogP contribution < -0.4 is 5.32 Å². The number of rotatable bonds is 3. The van der Waals surface area contributed by atoms with E-state index in [9.17, 15) is 4.79 Å². The summed E-state index contributed by atoms with van der Waals surface area (Å²) in [7, 11) is 0. The molecule has 1 aliphatic heterocycles. The molecule has 2 aliphatic rings. The molecule has 1 saturated heterocycles. The summed E-state index contributed by atoms with van der Waals surface area (Å²) in [4.78, 5) is 19.3. The number of hydrogen-bond acceptors (Lipinski definition) is 3. The number of nitrogens with zero attached hydrogens (tertiary/aromatic N) is 2. The first-order chi connectivity index (χ1) is 11.7. The van der Waals surface area contributed by atoms with Crippen LogP contribution in [-0.2, 0) is 0 Å². The molecule has 4 nitrogen and oxygen atoms in total. The van der Waals surface area contributed by atoms with E-state index in [-0.39, 0.29) is 36.8 Å². The first-order valence-electron chi connectivity index (χ1n) is 8.46. The number of carbonyl (C=O) groups excluding carboxylic acids is 1. The normalized spacial score (nSPS) is 19.3. The molecule has 4 rings (SSSR count). The van der Waals surface area contributed by atoms with Gasteiger partial charge in [-0.2, -0.15) is 0 Å². The zero-order chi connectivity index (χ0) is 16.5. The molecule has 1 aromatic heterocycles. The van der Waals surface area contributed by atoms with Gasteiger partial charge in [0.2, 0.25) is 0 Å². The van der Waals surface area contributed by atoms with Crippen LogP contribution in [0.4, 0.5) is 0 Å². The van der Waals surface area contributed by atoms with Crippen molar-refractivity contribution in [2.24, 2.45) is 0 Å². The van der Waals surface area contributed by atoms with Crippen molar-refractivity contribution >= 4 is 42.3 Å². The summed E-state index contributed by atoms with van der Waals surface area (Å²) in [6.45, 7) is 2.14. The second kappa shape index (κ2) is 9.05. The van der Waals surface area contributed by atoms with Crippen molar-refractivity contribution in [3.63, 3.8) is 0 Å². The number of carbonyl (C=O) groups is 1. The molecule has 1 saturated carbocycles. The minimum Gasteiger partial charge on any atom is -0.328 e. The van der Waals surface area contributed by atoms with Crippen LogP contribution in [0, 0.1) is 0 Å². The standard InChI is InChI=1S/C19H20ClN3O.2ClH/c20-16-4-2-1-3-15(16)18-12-21-9-10-23(18)19(24)17-8-7-14(11-22-17)13-5-6-13;;/h1-4,7-8,11,13,18,21H,5-6,9-10,12H2;2*1H. The van der Waals surface area contributed by atoms with Crippen molar-refractivity contribution in [3.05, 3.63) is 64.4 Å². The van der Waals surface area contributed by atoms with Crippen LogP contribution in [0.3, 0.4) is 0 Å². The van der Waals surface area contributed by atoms with Crippen LogP contribution in [0.1, 0.15) is 46.4 Å². The van der Waals surface area contributed by atoms with Gasteiger partial charge in [-0.15, -0.1) is 24.8 Å². The molecule has 140 valence electrons. The Morgan fingerprint density at radius 2 is 1.92 bits per heavy atom. The maximum Gasteiger partial charge on any atom is 0.273 e. The maximum atomic E-state index is 13.0. The van der Waals surface area contributed by atoms with Gasteiger partial charge in [0.05, 0.1) is 6.04 Å². The number of pyridine rings is 1. The number of piperazine rings is 1. The van der Waals surface area contributed by atoms with Gasteiger partial charge in [0, 0.05) is 30.9 Å². The predicted octanol–water partition coefficient (Wildman–Crippen LogP) is 4.24. The zero-order valence-electron chi connectivity index (χ0n) is 14.2. The lowest BCUT2D eigenvalue weighted by Crippen LogP contribution is -2.49. The van der Waals surface area contributed by atoms with Crippen LogP contribution in [-0.4, -0.2) is 35.4 Å². The summed E-state index contributed by atoms with van der Waals surface area (Å²) in [5.41, 5.74) is 2.74. The number of halogens is 3. The fourth-order valence-corrected chi connectivity index (χ4v) is 3.57. The average Bonchev–Trinajstić information content (AvgIpc) is 3.47. The van der Waals surface area contributed by atoms with Crippen molar-refractivity contribution in [1.29, 1.82) is 0 Å². The average molecular weight is 415 g/mol. The molecule has 1 atom stereocenters. The summed E-state index contributed by atoms with van der Waals surface area (Å²) < 4.78 is 0. The van der Waals surface area contributed by atoms with E-state index in [1.165, 1.54) is 18.4 Å². The van der Waals surface area contributed by atoms with Crippen LogP contribution in [0.2, 0.25) is 5.02 Å². The first-order valence-corrected chi connectivity index (χ1v) is 8.84. The Morgan fingerprint density at radius 1 is 1.15 bits per heavy atom. The maximum absolute atomic E-state index is 13.0. The monoisotopic (exact) mass is 413 g/mol. The van der Waals surface area contributed by atoms with Gasteiger partial charge < -0.3 is 10.2 Å². The Morgan fingerprint density at radius 3 is 2.58 bits per heavy atom. The molecule has 0 spiro atoms. The minimum absolute atomic E-state index is 0. The van der Waals surface area contributed by atoms with E-state index in [4.69, 9.17) is 11.6 Å². The zero-order valence-corrected chi connectivity index (χ0v) is 16.6. The topological polar surface area (TPSA) is 45.2 Å². The van der Waals surface area contributed by atoms with Gasteiger partial charge in [-0.3, -0.25) is 9.78 Å². The van der Waals surface area contributed by atoms with Gasteiger partial charge in [0.1, 0.15) is 5.69 Å². The van der Waals surface area contributed by atoms with Crippen molar-refractivity contribution < 1.29 is 4.79 Å². The molecule has 0 radical (unpaired) electrons. The third-order valence-corrected chi connectivity index (χ3v) is 5.17. The molecule has 1 amide bonds. The smallest absolute Gasteiger partial charge is 0.273 e. The highest BCUT2D eigenvalue weighted by molar-refractivity contribution is 6.31. The van der Waals surface area contributed by atoms with E-state index in [1.807, 2.05) is 47.5 Å². The third kappa shape index (κ3) is 4.32. The van der Waals surface area contributed by atoms with Crippen molar-refractivity contribution in [2.45, 2.75) is 24.8 Å². The molecule has 1 unspecified atom stereocenters. The summed E-state index contributed by atoms with van der Waals surface area (Å²) in [5, 5.41) is 4.05. The largest absolute Gasteiger partial charge is 0.328 e. The molecular weight excluding hydrogens is 393 g/mol. The summed E-state index contributed by atoms with van der Waals surface area (Å²) >= 11 is 6.35. The number of benzene rings is 1. The van der Waals surface area contributed by atoms with Crippen molar-refractivity contribution in [2.75, 3.05) is 19.6 Å². The molecule has 2 heterocycles. The molecule has 2 aromatic rings. The van der Waals surface area contributed by atoms with Gasteiger partial charge in [-0.25, -0.2) is 0 Å². The van der Waals surface area contributed by atoms with Crippen LogP contribution in [0.15, 0.2) is 42.6 Å². The second-order valence-electron chi connectivity index (χ2n) is 6.49. The van der Waals surface area contributed by atoms with Gasteiger partial charge in [0.15, 0.2) is 0 Å².